The van der Waals surface area contributed by atoms with Crippen molar-refractivity contribution in [3.63, 3.8) is 0 Å². The monoisotopic (exact) mass is 504 g/mol. The van der Waals surface area contributed by atoms with E-state index in [0.29, 0.717) is 22.0 Å². The summed E-state index contributed by atoms with van der Waals surface area (Å²) in [6, 6.07) is 17.1. The first kappa shape index (κ1) is 25.3. The molecule has 0 radical (unpaired) electrons. The number of aryl methyl sites for hydroxylation is 1. The first-order valence-electron chi connectivity index (χ1n) is 11.6. The maximum Gasteiger partial charge on any atom is 0.340 e. The van der Waals surface area contributed by atoms with E-state index in [-0.39, 0.29) is 17.5 Å². The number of methoxy groups -OCH3 is 2. The molecule has 0 saturated heterocycles. The van der Waals surface area contributed by atoms with Crippen LogP contribution in [0.2, 0.25) is 5.02 Å². The summed E-state index contributed by atoms with van der Waals surface area (Å²) >= 11 is 6.37. The van der Waals surface area contributed by atoms with E-state index in [1.165, 1.54) is 7.11 Å². The molecule has 0 fully saturated rings. The Morgan fingerprint density at radius 3 is 2.33 bits per heavy atom. The number of esters is 1. The number of ether oxygens (including phenoxy) is 2. The van der Waals surface area contributed by atoms with Gasteiger partial charge in [-0.15, -0.1) is 0 Å². The highest BCUT2D eigenvalue weighted by molar-refractivity contribution is 6.32. The fourth-order valence-electron chi connectivity index (χ4n) is 4.83. The van der Waals surface area contributed by atoms with Gasteiger partial charge in [-0.05, 0) is 69.2 Å². The fourth-order valence-corrected chi connectivity index (χ4v) is 5.08. The molecule has 4 rings (SSSR count). The van der Waals surface area contributed by atoms with Crippen LogP contribution in [0.1, 0.15) is 42.4 Å². The van der Waals surface area contributed by atoms with E-state index in [0.717, 1.165) is 28.2 Å². The van der Waals surface area contributed by atoms with Crippen LogP contribution in [0.4, 0.5) is 0 Å². The maximum absolute atomic E-state index is 13.7. The smallest absolute Gasteiger partial charge is 0.340 e. The number of rotatable bonds is 6. The SMILES string of the molecule is COC(=O)C1=C(C)N([C@H](C)c2ccccc2)C(=O)/C1=C\c1cc(C)n(-c2ccc(OC)c(Cl)c2)c1C. The minimum Gasteiger partial charge on any atom is -0.495 e. The molecule has 2 aromatic carbocycles. The highest BCUT2D eigenvalue weighted by Gasteiger charge is 2.39. The van der Waals surface area contributed by atoms with E-state index < -0.39 is 5.97 Å². The van der Waals surface area contributed by atoms with Crippen LogP contribution in [0.3, 0.4) is 0 Å². The lowest BCUT2D eigenvalue weighted by Crippen LogP contribution is -2.28. The number of nitrogens with zero attached hydrogens (tertiary/aromatic N) is 2. The second-order valence-corrected chi connectivity index (χ2v) is 9.16. The minimum atomic E-state index is -0.536. The summed E-state index contributed by atoms with van der Waals surface area (Å²) in [6.45, 7) is 7.69. The topological polar surface area (TPSA) is 60.8 Å². The zero-order valence-corrected chi connectivity index (χ0v) is 22.0. The van der Waals surface area contributed by atoms with E-state index in [2.05, 4.69) is 4.57 Å². The second-order valence-electron chi connectivity index (χ2n) is 8.75. The van der Waals surface area contributed by atoms with Gasteiger partial charge in [0, 0.05) is 22.8 Å². The highest BCUT2D eigenvalue weighted by Crippen LogP contribution is 2.38. The van der Waals surface area contributed by atoms with Gasteiger partial charge < -0.3 is 18.9 Å². The highest BCUT2D eigenvalue weighted by atomic mass is 35.5. The molecule has 0 saturated carbocycles. The molecule has 1 aromatic heterocycles. The molecule has 6 nitrogen and oxygen atoms in total. The zero-order valence-electron chi connectivity index (χ0n) is 21.3. The van der Waals surface area contributed by atoms with Gasteiger partial charge in [0.1, 0.15) is 5.75 Å². The molecule has 1 aliphatic heterocycles. The molecule has 1 amide bonds. The van der Waals surface area contributed by atoms with Crippen molar-refractivity contribution in [2.75, 3.05) is 14.2 Å². The Labute approximate surface area is 216 Å². The number of allylic oxidation sites excluding steroid dienone is 1. The molecule has 3 aromatic rings. The largest absolute Gasteiger partial charge is 0.495 e. The summed E-state index contributed by atoms with van der Waals surface area (Å²) in [4.78, 5) is 28.2. The number of hydrogen-bond donors (Lipinski definition) is 0. The van der Waals surface area contributed by atoms with Crippen molar-refractivity contribution in [1.82, 2.24) is 9.47 Å². The van der Waals surface area contributed by atoms with Crippen LogP contribution in [0, 0.1) is 13.8 Å². The third-order valence-corrected chi connectivity index (χ3v) is 6.96. The Kier molecular flexibility index (Phi) is 7.09. The molecule has 186 valence electrons. The number of halogens is 1. The first-order chi connectivity index (χ1) is 17.2. The Balaban J connectivity index is 1.81. The fraction of sp³-hybridized carbons (Fsp3) is 0.241. The van der Waals surface area contributed by atoms with Crippen LogP contribution in [0.5, 0.6) is 5.75 Å². The van der Waals surface area contributed by atoms with E-state index in [9.17, 15) is 9.59 Å². The van der Waals surface area contributed by atoms with Crippen molar-refractivity contribution in [1.29, 1.82) is 0 Å². The molecule has 7 heteroatoms. The van der Waals surface area contributed by atoms with Crippen LogP contribution >= 0.6 is 11.6 Å². The quantitative estimate of drug-likeness (QED) is 0.296. The van der Waals surface area contributed by atoms with E-state index >= 15 is 0 Å². The van der Waals surface area contributed by atoms with Crippen molar-refractivity contribution >= 4 is 29.6 Å². The van der Waals surface area contributed by atoms with E-state index in [1.54, 1.807) is 25.0 Å². The average Bonchev–Trinajstić information content (AvgIpc) is 3.29. The first-order valence-corrected chi connectivity index (χ1v) is 12.0. The normalized spacial score (nSPS) is 15.6. The standard InChI is InChI=1S/C29H29ClN2O4/c1-17-14-22(19(3)31(17)23-12-13-26(35-5)25(30)16-23)15-24-27(29(34)36-6)20(4)32(28(24)33)18(2)21-10-8-7-9-11-21/h7-16,18H,1-6H3/b24-15-/t18-/m1/s1. The average molecular weight is 505 g/mol. The Morgan fingerprint density at radius 2 is 1.72 bits per heavy atom. The van der Waals surface area contributed by atoms with Gasteiger partial charge >= 0.3 is 5.97 Å². The summed E-state index contributed by atoms with van der Waals surface area (Å²) in [5, 5.41) is 0.505. The van der Waals surface area contributed by atoms with Crippen molar-refractivity contribution in [2.45, 2.75) is 33.7 Å². The third kappa shape index (κ3) is 4.33. The molecule has 36 heavy (non-hydrogen) atoms. The van der Waals surface area contributed by atoms with Crippen LogP contribution < -0.4 is 4.74 Å². The molecule has 1 aliphatic rings. The van der Waals surface area contributed by atoms with Gasteiger partial charge in [-0.2, -0.15) is 0 Å². The summed E-state index contributed by atoms with van der Waals surface area (Å²) in [5.74, 6) is -0.176. The van der Waals surface area contributed by atoms with Gasteiger partial charge in [0.05, 0.1) is 36.4 Å². The maximum atomic E-state index is 13.7. The lowest BCUT2D eigenvalue weighted by molar-refractivity contribution is -0.136. The lowest BCUT2D eigenvalue weighted by Gasteiger charge is -2.26. The second kappa shape index (κ2) is 10.1. The van der Waals surface area contributed by atoms with Gasteiger partial charge in [-0.1, -0.05) is 41.9 Å². The molecule has 0 aliphatic carbocycles. The number of hydrogen-bond acceptors (Lipinski definition) is 4. The van der Waals surface area contributed by atoms with Crippen molar-refractivity contribution < 1.29 is 19.1 Å². The van der Waals surface area contributed by atoms with Gasteiger partial charge in [-0.3, -0.25) is 4.79 Å². The van der Waals surface area contributed by atoms with Crippen molar-refractivity contribution in [3.05, 3.63) is 99.0 Å². The van der Waals surface area contributed by atoms with Crippen molar-refractivity contribution in [3.8, 4) is 11.4 Å². The number of benzene rings is 2. The number of amides is 1. The Morgan fingerprint density at radius 1 is 1.03 bits per heavy atom. The summed E-state index contributed by atoms with van der Waals surface area (Å²) in [6.07, 6.45) is 1.78. The molecule has 0 bridgehead atoms. The third-order valence-electron chi connectivity index (χ3n) is 6.66. The molecular formula is C29H29ClN2O4. The number of carbonyl (C=O) groups excluding carboxylic acids is 2. The van der Waals surface area contributed by atoms with Crippen LogP contribution in [-0.4, -0.2) is 35.6 Å². The van der Waals surface area contributed by atoms with Crippen LogP contribution in [0.15, 0.2) is 71.4 Å². The molecule has 0 unspecified atom stereocenters. The summed E-state index contributed by atoms with van der Waals surface area (Å²) in [7, 11) is 2.90. The van der Waals surface area contributed by atoms with Gasteiger partial charge in [0.2, 0.25) is 0 Å². The van der Waals surface area contributed by atoms with Crippen LogP contribution in [-0.2, 0) is 14.3 Å². The number of aromatic nitrogens is 1. The zero-order chi connectivity index (χ0) is 26.1. The van der Waals surface area contributed by atoms with E-state index in [4.69, 9.17) is 21.1 Å². The van der Waals surface area contributed by atoms with Crippen LogP contribution in [0.25, 0.3) is 11.8 Å². The molecular weight excluding hydrogens is 476 g/mol. The van der Waals surface area contributed by atoms with Gasteiger partial charge in [-0.25, -0.2) is 4.79 Å². The molecule has 0 N–H and O–H groups in total. The minimum absolute atomic E-state index is 0.235. The summed E-state index contributed by atoms with van der Waals surface area (Å²) < 4.78 is 12.4. The van der Waals surface area contributed by atoms with Crippen molar-refractivity contribution in [2.24, 2.45) is 0 Å². The Hall–Kier alpha value is -3.77. The van der Waals surface area contributed by atoms with Gasteiger partial charge in [0.15, 0.2) is 0 Å². The predicted molar refractivity (Wildman–Crippen MR) is 141 cm³/mol. The summed E-state index contributed by atoms with van der Waals surface area (Å²) in [5.41, 5.74) is 5.71. The molecule has 1 atom stereocenters. The molecule has 0 spiro atoms. The van der Waals surface area contributed by atoms with Gasteiger partial charge in [0.25, 0.3) is 5.91 Å². The lowest BCUT2D eigenvalue weighted by atomic mass is 10.0. The number of carbonyl (C=O) groups is 2. The predicted octanol–water partition coefficient (Wildman–Crippen LogP) is 6.19. The van der Waals surface area contributed by atoms with E-state index in [1.807, 2.05) is 75.4 Å². The Bertz CT molecular complexity index is 1400. The molecule has 2 heterocycles.